The summed E-state index contributed by atoms with van der Waals surface area (Å²) in [7, 11) is 0. The Hall–Kier alpha value is -1.01. The molecule has 0 aliphatic carbocycles. The van der Waals surface area contributed by atoms with Gasteiger partial charge >= 0.3 is 0 Å². The third kappa shape index (κ3) is 2.81. The second-order valence-corrected chi connectivity index (χ2v) is 5.22. The van der Waals surface area contributed by atoms with E-state index in [0.29, 0.717) is 18.5 Å². The van der Waals surface area contributed by atoms with Crippen molar-refractivity contribution in [3.8, 4) is 12.3 Å². The molecule has 0 spiro atoms. The fourth-order valence-corrected chi connectivity index (χ4v) is 3.19. The van der Waals surface area contributed by atoms with Gasteiger partial charge in [0.1, 0.15) is 0 Å². The van der Waals surface area contributed by atoms with Crippen molar-refractivity contribution in [3.63, 3.8) is 0 Å². The van der Waals surface area contributed by atoms with Gasteiger partial charge in [-0.1, -0.05) is 0 Å². The van der Waals surface area contributed by atoms with E-state index in [9.17, 15) is 9.90 Å². The first-order valence-electron chi connectivity index (χ1n) is 6.65. The Labute approximate surface area is 103 Å². The second-order valence-electron chi connectivity index (χ2n) is 5.22. The van der Waals surface area contributed by atoms with E-state index in [4.69, 9.17) is 6.42 Å². The Balaban J connectivity index is 1.82. The number of carbonyl (C=O) groups excluding carboxylic acids is 1. The van der Waals surface area contributed by atoms with E-state index < -0.39 is 0 Å². The molecule has 3 nitrogen and oxygen atoms in total. The average molecular weight is 235 g/mol. The van der Waals surface area contributed by atoms with Gasteiger partial charge in [-0.05, 0) is 38.5 Å². The Morgan fingerprint density at radius 2 is 1.94 bits per heavy atom. The van der Waals surface area contributed by atoms with E-state index in [-0.39, 0.29) is 12.0 Å². The Kier molecular flexibility index (Phi) is 4.06. The average Bonchev–Trinajstić information content (AvgIpc) is 2.57. The van der Waals surface area contributed by atoms with Crippen molar-refractivity contribution in [3.05, 3.63) is 0 Å². The van der Waals surface area contributed by atoms with Crippen LogP contribution in [0.4, 0.5) is 0 Å². The maximum atomic E-state index is 12.1. The Bertz CT molecular complexity index is 307. The van der Waals surface area contributed by atoms with Crippen molar-refractivity contribution >= 4 is 5.91 Å². The molecular formula is C14H21NO2. The quantitative estimate of drug-likeness (QED) is 0.595. The predicted molar refractivity (Wildman–Crippen MR) is 66.2 cm³/mol. The molecule has 2 fully saturated rings. The molecule has 0 aromatic carbocycles. The van der Waals surface area contributed by atoms with Crippen LogP contribution in [0.3, 0.4) is 0 Å². The van der Waals surface area contributed by atoms with E-state index in [1.165, 1.54) is 0 Å². The number of unbranched alkanes of at least 4 members (excludes halogenated alkanes) is 2. The molecule has 94 valence electrons. The molecule has 0 aromatic rings. The normalized spacial score (nSPS) is 31.3. The number of amides is 1. The Morgan fingerprint density at radius 1 is 1.29 bits per heavy atom. The van der Waals surface area contributed by atoms with Crippen molar-refractivity contribution in [2.45, 2.75) is 69.6 Å². The van der Waals surface area contributed by atoms with Crippen molar-refractivity contribution in [2.24, 2.45) is 0 Å². The molecule has 2 saturated heterocycles. The van der Waals surface area contributed by atoms with Gasteiger partial charge in [0.2, 0.25) is 5.91 Å². The lowest BCUT2D eigenvalue weighted by Gasteiger charge is -2.37. The first-order valence-corrected chi connectivity index (χ1v) is 6.65. The van der Waals surface area contributed by atoms with Gasteiger partial charge in [-0.15, -0.1) is 12.3 Å². The van der Waals surface area contributed by atoms with Crippen LogP contribution in [-0.4, -0.2) is 34.1 Å². The molecule has 3 heteroatoms. The van der Waals surface area contributed by atoms with Gasteiger partial charge < -0.3 is 10.0 Å². The van der Waals surface area contributed by atoms with Crippen LogP contribution < -0.4 is 0 Å². The minimum absolute atomic E-state index is 0.196. The van der Waals surface area contributed by atoms with E-state index >= 15 is 0 Å². The molecule has 0 radical (unpaired) electrons. The number of fused-ring (bicyclic) bond motifs is 2. The maximum absolute atomic E-state index is 12.1. The predicted octanol–water partition coefficient (Wildman–Crippen LogP) is 1.69. The molecule has 2 aliphatic rings. The maximum Gasteiger partial charge on any atom is 0.223 e. The summed E-state index contributed by atoms with van der Waals surface area (Å²) in [6.07, 6.45) is 11.9. The molecule has 2 heterocycles. The number of aliphatic hydroxyl groups is 1. The van der Waals surface area contributed by atoms with Crippen LogP contribution in [-0.2, 0) is 4.79 Å². The third-order valence-electron chi connectivity index (χ3n) is 3.96. The first-order chi connectivity index (χ1) is 8.22. The largest absolute Gasteiger partial charge is 0.393 e. The molecule has 17 heavy (non-hydrogen) atoms. The van der Waals surface area contributed by atoms with Crippen LogP contribution in [0.2, 0.25) is 0 Å². The summed E-state index contributed by atoms with van der Waals surface area (Å²) in [5, 5.41) is 9.68. The molecule has 2 atom stereocenters. The summed E-state index contributed by atoms with van der Waals surface area (Å²) in [4.78, 5) is 14.2. The second kappa shape index (κ2) is 5.55. The lowest BCUT2D eigenvalue weighted by molar-refractivity contribution is -0.137. The zero-order valence-electron chi connectivity index (χ0n) is 10.3. The number of nitrogens with zero attached hydrogens (tertiary/aromatic N) is 1. The first kappa shape index (κ1) is 12.4. The SMILES string of the molecule is C#CCCCCC(=O)N1C2CCC1CC(O)C2. The number of carbonyl (C=O) groups is 1. The van der Waals surface area contributed by atoms with Crippen molar-refractivity contribution in [1.82, 2.24) is 4.90 Å². The monoisotopic (exact) mass is 235 g/mol. The number of aliphatic hydroxyl groups excluding tert-OH is 1. The van der Waals surface area contributed by atoms with E-state index in [0.717, 1.165) is 44.9 Å². The molecule has 2 aliphatic heterocycles. The van der Waals surface area contributed by atoms with Gasteiger partial charge in [-0.2, -0.15) is 0 Å². The molecule has 0 aromatic heterocycles. The summed E-state index contributed by atoms with van der Waals surface area (Å²) < 4.78 is 0. The van der Waals surface area contributed by atoms with Gasteiger partial charge in [0.25, 0.3) is 0 Å². The highest BCUT2D eigenvalue weighted by Gasteiger charge is 2.42. The fourth-order valence-electron chi connectivity index (χ4n) is 3.19. The highest BCUT2D eigenvalue weighted by Crippen LogP contribution is 2.36. The Morgan fingerprint density at radius 3 is 2.53 bits per heavy atom. The van der Waals surface area contributed by atoms with Gasteiger partial charge in [0.05, 0.1) is 6.10 Å². The summed E-state index contributed by atoms with van der Waals surface area (Å²) in [6.45, 7) is 0. The molecular weight excluding hydrogens is 214 g/mol. The molecule has 0 saturated carbocycles. The van der Waals surface area contributed by atoms with E-state index in [2.05, 4.69) is 5.92 Å². The van der Waals surface area contributed by atoms with Crippen LogP contribution in [0.1, 0.15) is 51.4 Å². The van der Waals surface area contributed by atoms with Crippen LogP contribution in [0.5, 0.6) is 0 Å². The van der Waals surface area contributed by atoms with Gasteiger partial charge in [-0.3, -0.25) is 4.79 Å². The molecule has 1 N–H and O–H groups in total. The number of piperidine rings is 1. The summed E-state index contributed by atoms with van der Waals surface area (Å²) in [5.74, 6) is 2.86. The highest BCUT2D eigenvalue weighted by atomic mass is 16.3. The molecule has 2 rings (SSSR count). The number of rotatable bonds is 4. The highest BCUT2D eigenvalue weighted by molar-refractivity contribution is 5.77. The minimum Gasteiger partial charge on any atom is -0.393 e. The van der Waals surface area contributed by atoms with Gasteiger partial charge in [-0.25, -0.2) is 0 Å². The smallest absolute Gasteiger partial charge is 0.223 e. The molecule has 1 amide bonds. The number of hydrogen-bond acceptors (Lipinski definition) is 2. The standard InChI is InChI=1S/C14H21NO2/c1-2-3-4-5-6-14(17)15-11-7-8-12(15)10-13(16)9-11/h1,11-13,16H,3-10H2. The fraction of sp³-hybridized carbons (Fsp3) is 0.786. The lowest BCUT2D eigenvalue weighted by atomic mass is 9.99. The van der Waals surface area contributed by atoms with Gasteiger partial charge in [0.15, 0.2) is 0 Å². The summed E-state index contributed by atoms with van der Waals surface area (Å²) in [6, 6.07) is 0.591. The van der Waals surface area contributed by atoms with Crippen LogP contribution in [0.15, 0.2) is 0 Å². The summed E-state index contributed by atoms with van der Waals surface area (Å²) >= 11 is 0. The number of hydrogen-bond donors (Lipinski definition) is 1. The van der Waals surface area contributed by atoms with E-state index in [1.807, 2.05) is 4.90 Å². The summed E-state index contributed by atoms with van der Waals surface area (Å²) in [5.41, 5.74) is 0. The lowest BCUT2D eigenvalue weighted by Crippen LogP contribution is -2.47. The third-order valence-corrected chi connectivity index (χ3v) is 3.96. The van der Waals surface area contributed by atoms with Crippen molar-refractivity contribution < 1.29 is 9.90 Å². The minimum atomic E-state index is -0.196. The molecule has 2 unspecified atom stereocenters. The zero-order chi connectivity index (χ0) is 12.3. The number of terminal acetylenes is 1. The van der Waals surface area contributed by atoms with Crippen LogP contribution in [0.25, 0.3) is 0 Å². The van der Waals surface area contributed by atoms with Crippen LogP contribution >= 0.6 is 0 Å². The van der Waals surface area contributed by atoms with Gasteiger partial charge in [0, 0.05) is 24.9 Å². The topological polar surface area (TPSA) is 40.5 Å². The van der Waals surface area contributed by atoms with Crippen molar-refractivity contribution in [1.29, 1.82) is 0 Å². The van der Waals surface area contributed by atoms with Crippen molar-refractivity contribution in [2.75, 3.05) is 0 Å². The van der Waals surface area contributed by atoms with Crippen LogP contribution in [0, 0.1) is 12.3 Å². The van der Waals surface area contributed by atoms with E-state index in [1.54, 1.807) is 0 Å². The zero-order valence-corrected chi connectivity index (χ0v) is 10.3. The molecule has 2 bridgehead atoms.